The van der Waals surface area contributed by atoms with E-state index < -0.39 is 0 Å². The zero-order valence-electron chi connectivity index (χ0n) is 11.5. The fourth-order valence-electron chi connectivity index (χ4n) is 2.24. The summed E-state index contributed by atoms with van der Waals surface area (Å²) >= 11 is 6.20. The smallest absolute Gasteiger partial charge is 0.105 e. The van der Waals surface area contributed by atoms with E-state index in [0.717, 1.165) is 28.2 Å². The van der Waals surface area contributed by atoms with Crippen LogP contribution in [0.1, 0.15) is 11.3 Å². The third-order valence-electron chi connectivity index (χ3n) is 3.34. The van der Waals surface area contributed by atoms with Crippen LogP contribution in [0.2, 0.25) is 5.02 Å². The predicted octanol–water partition coefficient (Wildman–Crippen LogP) is 2.75. The monoisotopic (exact) mass is 299 g/mol. The van der Waals surface area contributed by atoms with E-state index in [9.17, 15) is 0 Å². The van der Waals surface area contributed by atoms with Gasteiger partial charge in [-0.3, -0.25) is 4.98 Å². The van der Waals surface area contributed by atoms with E-state index in [4.69, 9.17) is 17.3 Å². The molecule has 2 heterocycles. The molecule has 0 aliphatic heterocycles. The number of rotatable bonds is 3. The fraction of sp³-hybridized carbons (Fsp3) is 0.133. The van der Waals surface area contributed by atoms with Gasteiger partial charge in [-0.05, 0) is 36.8 Å². The Labute approximate surface area is 127 Å². The van der Waals surface area contributed by atoms with Crippen LogP contribution >= 0.6 is 11.6 Å². The van der Waals surface area contributed by atoms with Crippen LogP contribution in [0.3, 0.4) is 0 Å². The summed E-state index contributed by atoms with van der Waals surface area (Å²) in [6, 6.07) is 9.53. The number of hydrogen-bond donors (Lipinski definition) is 1. The third-order valence-corrected chi connectivity index (χ3v) is 3.75. The Balaban J connectivity index is 2.25. The second kappa shape index (κ2) is 5.63. The number of pyridine rings is 1. The minimum atomic E-state index is 0.309. The Morgan fingerprint density at radius 1 is 1.24 bits per heavy atom. The van der Waals surface area contributed by atoms with Crippen molar-refractivity contribution in [2.24, 2.45) is 5.73 Å². The zero-order chi connectivity index (χ0) is 14.8. The highest BCUT2D eigenvalue weighted by Crippen LogP contribution is 2.28. The predicted molar refractivity (Wildman–Crippen MR) is 82.2 cm³/mol. The van der Waals surface area contributed by atoms with Crippen molar-refractivity contribution in [3.8, 4) is 16.9 Å². The van der Waals surface area contributed by atoms with Gasteiger partial charge in [-0.2, -0.15) is 0 Å². The van der Waals surface area contributed by atoms with Crippen LogP contribution in [0.5, 0.6) is 0 Å². The molecule has 21 heavy (non-hydrogen) atoms. The largest absolute Gasteiger partial charge is 0.325 e. The van der Waals surface area contributed by atoms with Crippen molar-refractivity contribution < 1.29 is 0 Å². The summed E-state index contributed by atoms with van der Waals surface area (Å²) < 4.78 is 1.76. The summed E-state index contributed by atoms with van der Waals surface area (Å²) in [5, 5.41) is 9.10. The molecule has 0 spiro atoms. The molecular weight excluding hydrogens is 286 g/mol. The molecule has 5 nitrogen and oxygen atoms in total. The summed E-state index contributed by atoms with van der Waals surface area (Å²) in [6.07, 6.45) is 3.50. The molecule has 2 aromatic heterocycles. The lowest BCUT2D eigenvalue weighted by molar-refractivity contribution is 0.795. The summed E-state index contributed by atoms with van der Waals surface area (Å²) in [5.41, 5.74) is 10.1. The summed E-state index contributed by atoms with van der Waals surface area (Å²) in [4.78, 5) is 4.16. The Kier molecular flexibility index (Phi) is 3.68. The van der Waals surface area contributed by atoms with Crippen LogP contribution in [0.4, 0.5) is 0 Å². The number of aromatic nitrogens is 4. The van der Waals surface area contributed by atoms with E-state index in [1.54, 1.807) is 17.1 Å². The number of benzene rings is 1. The molecule has 0 radical (unpaired) electrons. The first-order chi connectivity index (χ1) is 10.2. The lowest BCUT2D eigenvalue weighted by Gasteiger charge is -2.11. The van der Waals surface area contributed by atoms with Gasteiger partial charge in [0, 0.05) is 29.5 Å². The maximum Gasteiger partial charge on any atom is 0.105 e. The lowest BCUT2D eigenvalue weighted by atomic mass is 10.1. The van der Waals surface area contributed by atoms with Crippen LogP contribution < -0.4 is 5.73 Å². The minimum Gasteiger partial charge on any atom is -0.325 e. The molecular formula is C15H14ClN5. The first-order valence-corrected chi connectivity index (χ1v) is 6.90. The molecule has 0 aliphatic carbocycles. The SMILES string of the molecule is Cc1c(Cl)cccc1-n1nnc(CN)c1-c1cccnc1. The van der Waals surface area contributed by atoms with Gasteiger partial charge in [-0.15, -0.1) is 5.10 Å². The van der Waals surface area contributed by atoms with Gasteiger partial charge in [-0.1, -0.05) is 22.9 Å². The van der Waals surface area contributed by atoms with Crippen LogP contribution in [0.25, 0.3) is 16.9 Å². The van der Waals surface area contributed by atoms with E-state index in [1.165, 1.54) is 0 Å². The fourth-order valence-corrected chi connectivity index (χ4v) is 2.41. The molecule has 0 unspecified atom stereocenters. The summed E-state index contributed by atoms with van der Waals surface area (Å²) in [5.74, 6) is 0. The lowest BCUT2D eigenvalue weighted by Crippen LogP contribution is -2.04. The maximum absolute atomic E-state index is 6.20. The van der Waals surface area contributed by atoms with Crippen LogP contribution in [-0.2, 0) is 6.54 Å². The molecule has 0 amide bonds. The van der Waals surface area contributed by atoms with Gasteiger partial charge in [-0.25, -0.2) is 4.68 Å². The molecule has 0 saturated carbocycles. The van der Waals surface area contributed by atoms with Crippen molar-refractivity contribution in [2.75, 3.05) is 0 Å². The average Bonchev–Trinajstić information content (AvgIpc) is 2.94. The Morgan fingerprint density at radius 3 is 2.81 bits per heavy atom. The van der Waals surface area contributed by atoms with Crippen LogP contribution in [0.15, 0.2) is 42.7 Å². The van der Waals surface area contributed by atoms with Crippen molar-refractivity contribution in [2.45, 2.75) is 13.5 Å². The highest BCUT2D eigenvalue weighted by atomic mass is 35.5. The van der Waals surface area contributed by atoms with Gasteiger partial charge in [0.15, 0.2) is 0 Å². The van der Waals surface area contributed by atoms with E-state index in [1.807, 2.05) is 37.3 Å². The normalized spacial score (nSPS) is 10.8. The second-order valence-electron chi connectivity index (χ2n) is 4.63. The average molecular weight is 300 g/mol. The van der Waals surface area contributed by atoms with Gasteiger partial charge < -0.3 is 5.73 Å². The Morgan fingerprint density at radius 2 is 2.10 bits per heavy atom. The van der Waals surface area contributed by atoms with Crippen molar-refractivity contribution in [1.29, 1.82) is 0 Å². The number of halogens is 1. The van der Waals surface area contributed by atoms with Crippen LogP contribution in [-0.4, -0.2) is 20.0 Å². The minimum absolute atomic E-state index is 0.309. The quantitative estimate of drug-likeness (QED) is 0.807. The molecule has 0 aliphatic rings. The molecule has 3 rings (SSSR count). The zero-order valence-corrected chi connectivity index (χ0v) is 12.2. The van der Waals surface area contributed by atoms with Gasteiger partial charge in [0.05, 0.1) is 5.69 Å². The van der Waals surface area contributed by atoms with Crippen LogP contribution in [0, 0.1) is 6.92 Å². The highest BCUT2D eigenvalue weighted by molar-refractivity contribution is 6.31. The summed E-state index contributed by atoms with van der Waals surface area (Å²) in [7, 11) is 0. The van der Waals surface area contributed by atoms with Gasteiger partial charge in [0.1, 0.15) is 11.4 Å². The second-order valence-corrected chi connectivity index (χ2v) is 5.03. The molecule has 0 atom stereocenters. The van der Waals surface area contributed by atoms with Gasteiger partial charge >= 0.3 is 0 Å². The van der Waals surface area contributed by atoms with E-state index in [-0.39, 0.29) is 0 Å². The highest BCUT2D eigenvalue weighted by Gasteiger charge is 2.17. The van der Waals surface area contributed by atoms with Gasteiger partial charge in [0.25, 0.3) is 0 Å². The van der Waals surface area contributed by atoms with E-state index in [2.05, 4.69) is 15.3 Å². The van der Waals surface area contributed by atoms with E-state index >= 15 is 0 Å². The first kappa shape index (κ1) is 13.7. The summed E-state index contributed by atoms with van der Waals surface area (Å²) in [6.45, 7) is 2.26. The number of hydrogen-bond acceptors (Lipinski definition) is 4. The maximum atomic E-state index is 6.20. The molecule has 0 bridgehead atoms. The third kappa shape index (κ3) is 2.41. The molecule has 0 saturated heterocycles. The van der Waals surface area contributed by atoms with Crippen molar-refractivity contribution in [3.63, 3.8) is 0 Å². The molecule has 6 heteroatoms. The molecule has 2 N–H and O–H groups in total. The number of nitrogens with zero attached hydrogens (tertiary/aromatic N) is 4. The van der Waals surface area contributed by atoms with E-state index in [0.29, 0.717) is 11.6 Å². The topological polar surface area (TPSA) is 69.6 Å². The van der Waals surface area contributed by atoms with Crippen molar-refractivity contribution >= 4 is 11.6 Å². The molecule has 0 fully saturated rings. The number of nitrogens with two attached hydrogens (primary N) is 1. The molecule has 106 valence electrons. The Hall–Kier alpha value is -2.24. The molecule has 1 aromatic carbocycles. The van der Waals surface area contributed by atoms with Gasteiger partial charge in [0.2, 0.25) is 0 Å². The van der Waals surface area contributed by atoms with Crippen molar-refractivity contribution in [3.05, 3.63) is 59.0 Å². The Bertz CT molecular complexity index is 767. The standard InChI is InChI=1S/C15H14ClN5/c1-10-12(16)5-2-6-14(10)21-15(13(8-17)19-20-21)11-4-3-7-18-9-11/h2-7,9H,8,17H2,1H3. The molecule has 3 aromatic rings. The van der Waals surface area contributed by atoms with Crippen molar-refractivity contribution in [1.82, 2.24) is 20.0 Å². The first-order valence-electron chi connectivity index (χ1n) is 6.53.